The lowest BCUT2D eigenvalue weighted by Crippen LogP contribution is -1.97. The van der Waals surface area contributed by atoms with E-state index in [4.69, 9.17) is 23.2 Å². The summed E-state index contributed by atoms with van der Waals surface area (Å²) in [5.74, 6) is 0. The van der Waals surface area contributed by atoms with Crippen LogP contribution in [-0.4, -0.2) is 0 Å². The van der Waals surface area contributed by atoms with Gasteiger partial charge in [0.05, 0.1) is 5.38 Å². The molecule has 2 aromatic carbocycles. The average molecular weight is 409 g/mol. The molecule has 0 bridgehead atoms. The molecule has 0 aromatic heterocycles. The highest BCUT2D eigenvalue weighted by molar-refractivity contribution is 9.11. The molecule has 0 fully saturated rings. The Morgan fingerprint density at radius 1 is 1.00 bits per heavy atom. The Kier molecular flexibility index (Phi) is 4.76. The minimum atomic E-state index is -0.200. The Bertz CT molecular complexity index is 582. The third-order valence-corrected chi connectivity index (χ3v) is 4.66. The van der Waals surface area contributed by atoms with Crippen molar-refractivity contribution in [3.63, 3.8) is 0 Å². The highest BCUT2D eigenvalue weighted by Gasteiger charge is 2.16. The third kappa shape index (κ3) is 3.11. The molecule has 0 radical (unpaired) electrons. The number of aryl methyl sites for hydroxylation is 1. The molecular formula is C14H10Br2Cl2. The van der Waals surface area contributed by atoms with E-state index in [0.717, 1.165) is 30.7 Å². The lowest BCUT2D eigenvalue weighted by molar-refractivity contribution is 1.10. The fourth-order valence-corrected chi connectivity index (χ4v) is 3.44. The van der Waals surface area contributed by atoms with Crippen LogP contribution in [-0.2, 0) is 0 Å². The van der Waals surface area contributed by atoms with Crippen LogP contribution in [0, 0.1) is 6.92 Å². The van der Waals surface area contributed by atoms with Gasteiger partial charge in [0.2, 0.25) is 0 Å². The quantitative estimate of drug-likeness (QED) is 0.497. The maximum absolute atomic E-state index is 6.57. The number of rotatable bonds is 2. The summed E-state index contributed by atoms with van der Waals surface area (Å²) < 4.78 is 2.01. The van der Waals surface area contributed by atoms with Crippen LogP contribution < -0.4 is 0 Å². The Morgan fingerprint density at radius 2 is 1.72 bits per heavy atom. The lowest BCUT2D eigenvalue weighted by Gasteiger charge is -2.15. The van der Waals surface area contributed by atoms with Gasteiger partial charge < -0.3 is 0 Å². The second-order valence-corrected chi connectivity index (χ2v) is 6.67. The van der Waals surface area contributed by atoms with Gasteiger partial charge in [-0.1, -0.05) is 49.5 Å². The second kappa shape index (κ2) is 5.96. The monoisotopic (exact) mass is 406 g/mol. The van der Waals surface area contributed by atoms with Gasteiger partial charge in [0, 0.05) is 14.0 Å². The Morgan fingerprint density at radius 3 is 2.39 bits per heavy atom. The third-order valence-electron chi connectivity index (χ3n) is 2.74. The fourth-order valence-electron chi connectivity index (χ4n) is 1.80. The van der Waals surface area contributed by atoms with E-state index in [9.17, 15) is 0 Å². The molecule has 0 heterocycles. The maximum Gasteiger partial charge on any atom is 0.0849 e. The average Bonchev–Trinajstić information content (AvgIpc) is 2.31. The molecule has 4 heteroatoms. The minimum absolute atomic E-state index is 0.200. The van der Waals surface area contributed by atoms with E-state index < -0.39 is 0 Å². The van der Waals surface area contributed by atoms with E-state index in [1.807, 2.05) is 43.3 Å². The van der Waals surface area contributed by atoms with Crippen molar-refractivity contribution >= 4 is 55.1 Å². The molecule has 0 nitrogen and oxygen atoms in total. The second-order valence-electron chi connectivity index (χ2n) is 4.03. The summed E-state index contributed by atoms with van der Waals surface area (Å²) in [5.41, 5.74) is 3.20. The zero-order chi connectivity index (χ0) is 13.3. The Hall–Kier alpha value is -0.0200. The fraction of sp³-hybridized carbons (Fsp3) is 0.143. The topological polar surface area (TPSA) is 0 Å². The van der Waals surface area contributed by atoms with Crippen molar-refractivity contribution in [2.75, 3.05) is 0 Å². The molecule has 1 atom stereocenters. The van der Waals surface area contributed by atoms with Gasteiger partial charge in [-0.3, -0.25) is 0 Å². The van der Waals surface area contributed by atoms with Crippen LogP contribution in [0.1, 0.15) is 22.1 Å². The van der Waals surface area contributed by atoms with Gasteiger partial charge in [-0.15, -0.1) is 11.6 Å². The van der Waals surface area contributed by atoms with Crippen molar-refractivity contribution in [1.29, 1.82) is 0 Å². The van der Waals surface area contributed by atoms with E-state index in [1.54, 1.807) is 0 Å². The van der Waals surface area contributed by atoms with Gasteiger partial charge in [0.15, 0.2) is 0 Å². The van der Waals surface area contributed by atoms with Crippen molar-refractivity contribution in [3.8, 4) is 0 Å². The minimum Gasteiger partial charge on any atom is -0.113 e. The largest absolute Gasteiger partial charge is 0.113 e. The summed E-state index contributed by atoms with van der Waals surface area (Å²) in [7, 11) is 0. The van der Waals surface area contributed by atoms with E-state index in [1.165, 1.54) is 0 Å². The van der Waals surface area contributed by atoms with E-state index >= 15 is 0 Å². The normalized spacial score (nSPS) is 12.5. The van der Waals surface area contributed by atoms with Crippen LogP contribution in [0.3, 0.4) is 0 Å². The summed E-state index contributed by atoms with van der Waals surface area (Å²) in [4.78, 5) is 0. The zero-order valence-electron chi connectivity index (χ0n) is 9.55. The first kappa shape index (κ1) is 14.4. The number of hydrogen-bond acceptors (Lipinski definition) is 0. The number of benzene rings is 2. The number of hydrogen-bond donors (Lipinski definition) is 0. The SMILES string of the molecule is Cc1cc(Cl)ccc1C(Cl)c1cc(Br)ccc1Br. The highest BCUT2D eigenvalue weighted by Crippen LogP contribution is 2.37. The van der Waals surface area contributed by atoms with Crippen molar-refractivity contribution in [2.24, 2.45) is 0 Å². The standard InChI is InChI=1S/C14H10Br2Cl2/c1-8-6-10(17)3-4-11(8)14(18)12-7-9(15)2-5-13(12)16/h2-7,14H,1H3. The van der Waals surface area contributed by atoms with Crippen LogP contribution in [0.2, 0.25) is 5.02 Å². The predicted molar refractivity (Wildman–Crippen MR) is 85.7 cm³/mol. The maximum atomic E-state index is 6.57. The molecule has 0 aliphatic carbocycles. The van der Waals surface area contributed by atoms with Gasteiger partial charge >= 0.3 is 0 Å². The molecule has 0 saturated heterocycles. The molecule has 1 unspecified atom stereocenters. The van der Waals surface area contributed by atoms with Crippen LogP contribution in [0.15, 0.2) is 45.3 Å². The molecule has 94 valence electrons. The molecule has 2 aromatic rings. The van der Waals surface area contributed by atoms with Crippen molar-refractivity contribution in [2.45, 2.75) is 12.3 Å². The first-order valence-corrected chi connectivity index (χ1v) is 7.74. The van der Waals surface area contributed by atoms with E-state index in [0.29, 0.717) is 0 Å². The summed E-state index contributed by atoms with van der Waals surface area (Å²) >= 11 is 19.5. The predicted octanol–water partition coefficient (Wildman–Crippen LogP) is 6.50. The number of halogens is 4. The van der Waals surface area contributed by atoms with Gasteiger partial charge in [-0.2, -0.15) is 0 Å². The molecule has 0 aliphatic rings. The number of alkyl halides is 1. The molecule has 0 spiro atoms. The summed E-state index contributed by atoms with van der Waals surface area (Å²) in [5, 5.41) is 0.530. The molecule has 0 saturated carbocycles. The van der Waals surface area contributed by atoms with Crippen molar-refractivity contribution < 1.29 is 0 Å². The van der Waals surface area contributed by atoms with Crippen LogP contribution in [0.4, 0.5) is 0 Å². The summed E-state index contributed by atoms with van der Waals surface area (Å²) in [6.45, 7) is 2.02. The first-order valence-electron chi connectivity index (χ1n) is 5.34. The molecule has 18 heavy (non-hydrogen) atoms. The van der Waals surface area contributed by atoms with Gasteiger partial charge in [-0.25, -0.2) is 0 Å². The zero-order valence-corrected chi connectivity index (χ0v) is 14.2. The molecule has 0 aliphatic heterocycles. The molecular weight excluding hydrogens is 399 g/mol. The highest BCUT2D eigenvalue weighted by atomic mass is 79.9. The Balaban J connectivity index is 2.47. The summed E-state index contributed by atoms with van der Waals surface area (Å²) in [6.07, 6.45) is 0. The van der Waals surface area contributed by atoms with Gasteiger partial charge in [0.25, 0.3) is 0 Å². The van der Waals surface area contributed by atoms with E-state index in [2.05, 4.69) is 31.9 Å². The van der Waals surface area contributed by atoms with Gasteiger partial charge in [0.1, 0.15) is 0 Å². The van der Waals surface area contributed by atoms with Gasteiger partial charge in [-0.05, 0) is 53.9 Å². The van der Waals surface area contributed by atoms with Crippen molar-refractivity contribution in [1.82, 2.24) is 0 Å². The molecule has 2 rings (SSSR count). The van der Waals surface area contributed by atoms with Crippen molar-refractivity contribution in [3.05, 3.63) is 67.1 Å². The smallest absolute Gasteiger partial charge is 0.0849 e. The molecule has 0 N–H and O–H groups in total. The van der Waals surface area contributed by atoms with Crippen LogP contribution in [0.25, 0.3) is 0 Å². The molecule has 0 amide bonds. The summed E-state index contributed by atoms with van der Waals surface area (Å²) in [6, 6.07) is 11.8. The van der Waals surface area contributed by atoms with Crippen LogP contribution in [0.5, 0.6) is 0 Å². The lowest BCUT2D eigenvalue weighted by atomic mass is 10.0. The Labute approximate surface area is 134 Å². The van der Waals surface area contributed by atoms with Crippen LogP contribution >= 0.6 is 55.1 Å². The first-order chi connectivity index (χ1) is 8.49. The van der Waals surface area contributed by atoms with E-state index in [-0.39, 0.29) is 5.38 Å².